The van der Waals surface area contributed by atoms with Crippen LogP contribution in [0.4, 0.5) is 0 Å². The van der Waals surface area contributed by atoms with Gasteiger partial charge in [0.05, 0.1) is 6.61 Å². The number of carbonyl (C=O) groups excluding carboxylic acids is 1. The molecular formula is C19H32N2O3S. The maximum atomic E-state index is 12.5. The van der Waals surface area contributed by atoms with Crippen LogP contribution in [0.3, 0.4) is 0 Å². The Balaban J connectivity index is 2.47. The van der Waals surface area contributed by atoms with Crippen LogP contribution in [0, 0.1) is 4.78 Å². The van der Waals surface area contributed by atoms with Gasteiger partial charge >= 0.3 is 5.97 Å². The molecule has 0 aliphatic heterocycles. The van der Waals surface area contributed by atoms with Crippen LogP contribution in [0.5, 0.6) is 0 Å². The van der Waals surface area contributed by atoms with Crippen molar-refractivity contribution in [2.45, 2.75) is 57.9 Å². The van der Waals surface area contributed by atoms with Crippen LogP contribution >= 0.6 is 0 Å². The van der Waals surface area contributed by atoms with Crippen LogP contribution < -0.4 is 5.73 Å². The second-order valence-electron chi connectivity index (χ2n) is 7.14. The minimum absolute atomic E-state index is 0.127. The third-order valence-corrected chi connectivity index (χ3v) is 6.17. The van der Waals surface area contributed by atoms with E-state index in [1.54, 1.807) is 0 Å². The second-order valence-corrected chi connectivity index (χ2v) is 9.58. The molecule has 1 aromatic rings. The molecule has 0 fully saturated rings. The van der Waals surface area contributed by atoms with Crippen LogP contribution in [0.15, 0.2) is 30.3 Å². The zero-order valence-electron chi connectivity index (χ0n) is 15.6. The van der Waals surface area contributed by atoms with E-state index in [1.807, 2.05) is 37.3 Å². The Labute approximate surface area is 152 Å². The second kappa shape index (κ2) is 9.92. The summed E-state index contributed by atoms with van der Waals surface area (Å²) in [5.41, 5.74) is 6.82. The summed E-state index contributed by atoms with van der Waals surface area (Å²) < 4.78 is 25.7. The Kier molecular flexibility index (Phi) is 8.59. The van der Waals surface area contributed by atoms with Gasteiger partial charge in [0.2, 0.25) is 0 Å². The third kappa shape index (κ3) is 8.01. The van der Waals surface area contributed by atoms with Crippen molar-refractivity contribution in [1.29, 1.82) is 4.78 Å². The average molecular weight is 369 g/mol. The maximum absolute atomic E-state index is 12.5. The Hall–Kier alpha value is -1.40. The van der Waals surface area contributed by atoms with Crippen molar-refractivity contribution >= 4 is 15.7 Å². The quantitative estimate of drug-likeness (QED) is 0.462. The molecule has 0 aliphatic rings. The van der Waals surface area contributed by atoms with Crippen molar-refractivity contribution in [3.63, 3.8) is 0 Å². The van der Waals surface area contributed by atoms with Crippen molar-refractivity contribution < 1.29 is 13.7 Å². The topological polar surface area (TPSA) is 93.2 Å². The first-order chi connectivity index (χ1) is 11.7. The van der Waals surface area contributed by atoms with Crippen LogP contribution in [0.1, 0.15) is 52.0 Å². The SMILES string of the molecule is CCCCOC(=O)[C@@H](N)CCS(=N)(=O)CCC(C)(C)c1ccccc1. The zero-order valence-corrected chi connectivity index (χ0v) is 16.4. The molecule has 0 heterocycles. The van der Waals surface area contributed by atoms with Crippen molar-refractivity contribution in [3.05, 3.63) is 35.9 Å². The molecule has 0 spiro atoms. The van der Waals surface area contributed by atoms with E-state index in [9.17, 15) is 9.00 Å². The summed E-state index contributed by atoms with van der Waals surface area (Å²) in [7, 11) is -2.76. The molecule has 1 rings (SSSR count). The van der Waals surface area contributed by atoms with Gasteiger partial charge in [-0.15, -0.1) is 0 Å². The first-order valence-corrected chi connectivity index (χ1v) is 10.8. The molecular weight excluding hydrogens is 336 g/mol. The van der Waals surface area contributed by atoms with Gasteiger partial charge in [0.1, 0.15) is 6.04 Å². The molecule has 0 bridgehead atoms. The standard InChI is InChI=1S/C19H32N2O3S/c1-4-5-13-24-18(22)17(20)11-14-25(21,23)15-12-19(2,3)16-9-7-6-8-10-16/h6-10,17,21H,4-5,11-15,20H2,1-3H3/t17-,25?/m0/s1. The number of hydrogen-bond acceptors (Lipinski definition) is 5. The molecule has 2 atom stereocenters. The summed E-state index contributed by atoms with van der Waals surface area (Å²) in [6.45, 7) is 6.56. The molecule has 0 saturated heterocycles. The highest BCUT2D eigenvalue weighted by Crippen LogP contribution is 2.27. The number of rotatable bonds is 11. The molecule has 0 radical (unpaired) electrons. The summed E-state index contributed by atoms with van der Waals surface area (Å²) in [6.07, 6.45) is 2.62. The van der Waals surface area contributed by atoms with Crippen molar-refractivity contribution in [1.82, 2.24) is 0 Å². The molecule has 0 aliphatic carbocycles. The number of benzene rings is 1. The lowest BCUT2D eigenvalue weighted by Gasteiger charge is -2.26. The Bertz CT molecular complexity index is 627. The van der Waals surface area contributed by atoms with E-state index in [1.165, 1.54) is 5.56 Å². The minimum Gasteiger partial charge on any atom is -0.465 e. The number of nitrogens with two attached hydrogens (primary N) is 1. The van der Waals surface area contributed by atoms with Crippen molar-refractivity contribution in [2.24, 2.45) is 5.73 Å². The molecule has 5 nitrogen and oxygen atoms in total. The van der Waals surface area contributed by atoms with Gasteiger partial charge in [0, 0.05) is 21.2 Å². The summed E-state index contributed by atoms with van der Waals surface area (Å²) in [5.74, 6) is -0.0396. The molecule has 3 N–H and O–H groups in total. The third-order valence-electron chi connectivity index (χ3n) is 4.42. The van der Waals surface area contributed by atoms with Crippen molar-refractivity contribution in [3.8, 4) is 0 Å². The highest BCUT2D eigenvalue weighted by molar-refractivity contribution is 7.92. The summed E-state index contributed by atoms with van der Waals surface area (Å²) in [6, 6.07) is 9.23. The lowest BCUT2D eigenvalue weighted by atomic mass is 9.82. The number of hydrogen-bond donors (Lipinski definition) is 2. The smallest absolute Gasteiger partial charge is 0.322 e. The number of ether oxygens (including phenoxy) is 1. The van der Waals surface area contributed by atoms with Gasteiger partial charge in [-0.1, -0.05) is 57.5 Å². The molecule has 6 heteroatoms. The van der Waals surface area contributed by atoms with Gasteiger partial charge in [-0.3, -0.25) is 9.57 Å². The van der Waals surface area contributed by atoms with Gasteiger partial charge in [-0.25, -0.2) is 4.21 Å². The number of unbranched alkanes of at least 4 members (excludes halogenated alkanes) is 1. The Morgan fingerprint density at radius 2 is 1.92 bits per heavy atom. The first kappa shape index (κ1) is 21.6. The largest absolute Gasteiger partial charge is 0.465 e. The Morgan fingerprint density at radius 3 is 2.52 bits per heavy atom. The fourth-order valence-corrected chi connectivity index (χ4v) is 4.09. The maximum Gasteiger partial charge on any atom is 0.322 e. The van der Waals surface area contributed by atoms with Gasteiger partial charge in [0.25, 0.3) is 0 Å². The van der Waals surface area contributed by atoms with E-state index >= 15 is 0 Å². The van der Waals surface area contributed by atoms with E-state index in [-0.39, 0.29) is 17.6 Å². The molecule has 1 unspecified atom stereocenters. The fraction of sp³-hybridized carbons (Fsp3) is 0.632. The van der Waals surface area contributed by atoms with Crippen LogP contribution in [0.2, 0.25) is 0 Å². The van der Waals surface area contributed by atoms with Crippen LogP contribution in [-0.4, -0.2) is 34.3 Å². The monoisotopic (exact) mass is 368 g/mol. The molecule has 1 aromatic carbocycles. The number of esters is 1. The lowest BCUT2D eigenvalue weighted by Crippen LogP contribution is -2.34. The van der Waals surface area contributed by atoms with Gasteiger partial charge in [-0.05, 0) is 30.2 Å². The van der Waals surface area contributed by atoms with Crippen LogP contribution in [-0.2, 0) is 24.7 Å². The van der Waals surface area contributed by atoms with E-state index in [0.717, 1.165) is 12.8 Å². The first-order valence-electron chi connectivity index (χ1n) is 8.90. The highest BCUT2D eigenvalue weighted by atomic mass is 32.2. The zero-order chi connectivity index (χ0) is 18.9. The minimum atomic E-state index is -2.76. The molecule has 0 saturated carbocycles. The summed E-state index contributed by atoms with van der Waals surface area (Å²) in [5, 5.41) is 0. The van der Waals surface area contributed by atoms with Gasteiger partial charge < -0.3 is 10.5 Å². The fourth-order valence-electron chi connectivity index (χ4n) is 2.42. The Morgan fingerprint density at radius 1 is 1.28 bits per heavy atom. The predicted octanol–water partition coefficient (Wildman–Crippen LogP) is 3.46. The van der Waals surface area contributed by atoms with Crippen molar-refractivity contribution in [2.75, 3.05) is 18.1 Å². The highest BCUT2D eigenvalue weighted by Gasteiger charge is 2.23. The average Bonchev–Trinajstić information content (AvgIpc) is 2.59. The van der Waals surface area contributed by atoms with Gasteiger partial charge in [-0.2, -0.15) is 0 Å². The van der Waals surface area contributed by atoms with Gasteiger partial charge in [0.15, 0.2) is 0 Å². The van der Waals surface area contributed by atoms with E-state index in [4.69, 9.17) is 15.3 Å². The summed E-state index contributed by atoms with van der Waals surface area (Å²) in [4.78, 5) is 11.7. The van der Waals surface area contributed by atoms with E-state index < -0.39 is 21.7 Å². The predicted molar refractivity (Wildman–Crippen MR) is 103 cm³/mol. The van der Waals surface area contributed by atoms with E-state index in [0.29, 0.717) is 18.8 Å². The number of carbonyl (C=O) groups is 1. The molecule has 0 amide bonds. The van der Waals surface area contributed by atoms with Crippen LogP contribution in [0.25, 0.3) is 0 Å². The molecule has 142 valence electrons. The lowest BCUT2D eigenvalue weighted by molar-refractivity contribution is -0.145. The molecule has 0 aromatic heterocycles. The number of nitrogens with one attached hydrogen (secondary N) is 1. The molecule has 25 heavy (non-hydrogen) atoms. The van der Waals surface area contributed by atoms with E-state index in [2.05, 4.69) is 13.8 Å². The summed E-state index contributed by atoms with van der Waals surface area (Å²) >= 11 is 0. The normalized spacial score (nSPS) is 15.4.